The highest BCUT2D eigenvalue weighted by molar-refractivity contribution is 5.96. The van der Waals surface area contributed by atoms with Gasteiger partial charge >= 0.3 is 6.03 Å². The SMILES string of the molecule is C[C@@H]1[C@H](C)CCC[C@@H]1N[C@@H](C)C(=O)NC(N)=O. The zero-order valence-electron chi connectivity index (χ0n) is 10.8. The Hall–Kier alpha value is -1.10. The van der Waals surface area contributed by atoms with E-state index in [9.17, 15) is 9.59 Å². The molecule has 5 nitrogen and oxygen atoms in total. The van der Waals surface area contributed by atoms with E-state index in [2.05, 4.69) is 24.5 Å². The number of urea groups is 1. The van der Waals surface area contributed by atoms with E-state index < -0.39 is 6.03 Å². The number of nitrogens with one attached hydrogen (secondary N) is 2. The zero-order chi connectivity index (χ0) is 13.0. The molecule has 4 atom stereocenters. The molecule has 0 heterocycles. The molecule has 0 spiro atoms. The number of amides is 3. The van der Waals surface area contributed by atoms with Crippen LogP contribution in [0.15, 0.2) is 0 Å². The molecule has 0 unspecified atom stereocenters. The van der Waals surface area contributed by atoms with E-state index in [1.165, 1.54) is 12.8 Å². The summed E-state index contributed by atoms with van der Waals surface area (Å²) in [7, 11) is 0. The first-order valence-electron chi connectivity index (χ1n) is 6.28. The van der Waals surface area contributed by atoms with E-state index >= 15 is 0 Å². The lowest BCUT2D eigenvalue weighted by atomic mass is 9.78. The lowest BCUT2D eigenvalue weighted by Crippen LogP contribution is -2.52. The van der Waals surface area contributed by atoms with Gasteiger partial charge in [0.05, 0.1) is 6.04 Å². The molecule has 1 aliphatic rings. The quantitative estimate of drug-likeness (QED) is 0.688. The third-order valence-corrected chi connectivity index (χ3v) is 3.81. The molecule has 1 rings (SSSR count). The smallest absolute Gasteiger partial charge is 0.318 e. The van der Waals surface area contributed by atoms with Crippen molar-refractivity contribution in [1.82, 2.24) is 10.6 Å². The predicted octanol–water partition coefficient (Wildman–Crippen LogP) is 0.984. The maximum atomic E-state index is 11.5. The number of rotatable bonds is 3. The highest BCUT2D eigenvalue weighted by atomic mass is 16.2. The van der Waals surface area contributed by atoms with Gasteiger partial charge in [-0.15, -0.1) is 0 Å². The van der Waals surface area contributed by atoms with Crippen molar-refractivity contribution in [2.75, 3.05) is 0 Å². The molecule has 0 bridgehead atoms. The number of primary amides is 1. The van der Waals surface area contributed by atoms with Crippen molar-refractivity contribution in [2.45, 2.75) is 52.1 Å². The molecule has 5 heteroatoms. The minimum absolute atomic E-state index is 0.340. The van der Waals surface area contributed by atoms with Gasteiger partial charge in [0, 0.05) is 6.04 Å². The molecule has 1 fully saturated rings. The van der Waals surface area contributed by atoms with Gasteiger partial charge in [-0.05, 0) is 25.2 Å². The monoisotopic (exact) mass is 241 g/mol. The molecule has 0 aromatic heterocycles. The second-order valence-corrected chi connectivity index (χ2v) is 5.12. The van der Waals surface area contributed by atoms with Gasteiger partial charge in [-0.2, -0.15) is 0 Å². The zero-order valence-corrected chi connectivity index (χ0v) is 10.8. The Balaban J connectivity index is 2.47. The molecule has 1 aliphatic carbocycles. The van der Waals surface area contributed by atoms with Crippen LogP contribution in [0.3, 0.4) is 0 Å². The second kappa shape index (κ2) is 6.00. The van der Waals surface area contributed by atoms with Crippen molar-refractivity contribution >= 4 is 11.9 Å². The number of hydrogen-bond donors (Lipinski definition) is 3. The summed E-state index contributed by atoms with van der Waals surface area (Å²) in [6.45, 7) is 6.21. The molecule has 3 amide bonds. The summed E-state index contributed by atoms with van der Waals surface area (Å²) >= 11 is 0. The molecule has 17 heavy (non-hydrogen) atoms. The molecule has 4 N–H and O–H groups in total. The molecule has 0 radical (unpaired) electrons. The third-order valence-electron chi connectivity index (χ3n) is 3.81. The molecule has 1 saturated carbocycles. The van der Waals surface area contributed by atoms with Gasteiger partial charge in [-0.25, -0.2) is 4.79 Å². The average Bonchev–Trinajstić information content (AvgIpc) is 2.23. The number of carbonyl (C=O) groups excluding carboxylic acids is 2. The Bertz CT molecular complexity index is 293. The van der Waals surface area contributed by atoms with Crippen LogP contribution in [0.4, 0.5) is 4.79 Å². The number of nitrogens with two attached hydrogens (primary N) is 1. The van der Waals surface area contributed by atoms with Crippen molar-refractivity contribution in [2.24, 2.45) is 17.6 Å². The van der Waals surface area contributed by atoms with Crippen molar-refractivity contribution < 1.29 is 9.59 Å². The summed E-state index contributed by atoms with van der Waals surface area (Å²) < 4.78 is 0. The fraction of sp³-hybridized carbons (Fsp3) is 0.833. The number of imide groups is 1. The van der Waals surface area contributed by atoms with Crippen molar-refractivity contribution in [1.29, 1.82) is 0 Å². The Labute approximate surface area is 103 Å². The van der Waals surface area contributed by atoms with E-state index in [-0.39, 0.29) is 11.9 Å². The largest absolute Gasteiger partial charge is 0.351 e. The highest BCUT2D eigenvalue weighted by Gasteiger charge is 2.29. The number of carbonyl (C=O) groups is 2. The first kappa shape index (κ1) is 14.0. The fourth-order valence-corrected chi connectivity index (χ4v) is 2.44. The van der Waals surface area contributed by atoms with Crippen LogP contribution in [-0.4, -0.2) is 24.0 Å². The van der Waals surface area contributed by atoms with Crippen LogP contribution in [0.2, 0.25) is 0 Å². The Kier molecular flexibility index (Phi) is 4.93. The minimum Gasteiger partial charge on any atom is -0.351 e. The van der Waals surface area contributed by atoms with Crippen molar-refractivity contribution in [3.63, 3.8) is 0 Å². The van der Waals surface area contributed by atoms with Gasteiger partial charge in [-0.1, -0.05) is 26.7 Å². The van der Waals surface area contributed by atoms with Gasteiger partial charge in [0.15, 0.2) is 0 Å². The maximum absolute atomic E-state index is 11.5. The summed E-state index contributed by atoms with van der Waals surface area (Å²) in [6.07, 6.45) is 3.52. The predicted molar refractivity (Wildman–Crippen MR) is 66.3 cm³/mol. The van der Waals surface area contributed by atoms with Gasteiger partial charge < -0.3 is 11.1 Å². The van der Waals surface area contributed by atoms with Gasteiger partial charge in [0.1, 0.15) is 0 Å². The first-order valence-corrected chi connectivity index (χ1v) is 6.28. The second-order valence-electron chi connectivity index (χ2n) is 5.12. The van der Waals surface area contributed by atoms with Gasteiger partial charge in [0.25, 0.3) is 0 Å². The summed E-state index contributed by atoms with van der Waals surface area (Å²) in [6, 6.07) is -0.846. The summed E-state index contributed by atoms with van der Waals surface area (Å²) in [5, 5.41) is 5.38. The Morgan fingerprint density at radius 2 is 1.94 bits per heavy atom. The molecule has 0 aromatic rings. The van der Waals surface area contributed by atoms with Crippen LogP contribution < -0.4 is 16.4 Å². The van der Waals surface area contributed by atoms with Gasteiger partial charge in [0.2, 0.25) is 5.91 Å². The van der Waals surface area contributed by atoms with Crippen molar-refractivity contribution in [3.05, 3.63) is 0 Å². The molecule has 0 aromatic carbocycles. The number of hydrogen-bond acceptors (Lipinski definition) is 3. The van der Waals surface area contributed by atoms with E-state index in [0.29, 0.717) is 17.9 Å². The van der Waals surface area contributed by atoms with Crippen LogP contribution in [0, 0.1) is 11.8 Å². The lowest BCUT2D eigenvalue weighted by molar-refractivity contribution is -0.122. The van der Waals surface area contributed by atoms with Crippen molar-refractivity contribution in [3.8, 4) is 0 Å². The highest BCUT2D eigenvalue weighted by Crippen LogP contribution is 2.29. The van der Waals surface area contributed by atoms with E-state index in [1.807, 2.05) is 0 Å². The molecular formula is C12H23N3O2. The Morgan fingerprint density at radius 3 is 2.53 bits per heavy atom. The van der Waals surface area contributed by atoms with E-state index in [4.69, 9.17) is 5.73 Å². The molecular weight excluding hydrogens is 218 g/mol. The van der Waals surface area contributed by atoms with Crippen LogP contribution in [0.5, 0.6) is 0 Å². The third kappa shape index (κ3) is 4.00. The van der Waals surface area contributed by atoms with Gasteiger partial charge in [-0.3, -0.25) is 10.1 Å². The van der Waals surface area contributed by atoms with Crippen LogP contribution in [-0.2, 0) is 4.79 Å². The maximum Gasteiger partial charge on any atom is 0.318 e. The molecule has 98 valence electrons. The van der Waals surface area contributed by atoms with Crippen LogP contribution >= 0.6 is 0 Å². The van der Waals surface area contributed by atoms with E-state index in [1.54, 1.807) is 6.92 Å². The standard InChI is InChI=1S/C12H23N3O2/c1-7-5-4-6-10(8(7)2)14-9(3)11(16)15-12(13)17/h7-10,14H,4-6H2,1-3H3,(H3,13,15,16,17)/t7-,8-,9+,10+/m1/s1. The topological polar surface area (TPSA) is 84.2 Å². The van der Waals surface area contributed by atoms with Crippen LogP contribution in [0.1, 0.15) is 40.0 Å². The molecule has 0 aliphatic heterocycles. The fourth-order valence-electron chi connectivity index (χ4n) is 2.44. The molecule has 0 saturated heterocycles. The Morgan fingerprint density at radius 1 is 1.29 bits per heavy atom. The van der Waals surface area contributed by atoms with E-state index in [0.717, 1.165) is 6.42 Å². The summed E-state index contributed by atoms with van der Waals surface area (Å²) in [5.41, 5.74) is 4.92. The summed E-state index contributed by atoms with van der Waals surface area (Å²) in [5.74, 6) is 0.864. The normalized spacial score (nSPS) is 30.6. The minimum atomic E-state index is -0.797. The lowest BCUT2D eigenvalue weighted by Gasteiger charge is -2.36. The summed E-state index contributed by atoms with van der Waals surface area (Å²) in [4.78, 5) is 22.1. The average molecular weight is 241 g/mol. The first-order chi connectivity index (χ1) is 7.91. The van der Waals surface area contributed by atoms with Crippen LogP contribution in [0.25, 0.3) is 0 Å².